The zero-order valence-electron chi connectivity index (χ0n) is 9.05. The van der Waals surface area contributed by atoms with Gasteiger partial charge in [0.2, 0.25) is 0 Å². The van der Waals surface area contributed by atoms with Crippen LogP contribution in [-0.4, -0.2) is 24.7 Å². The first-order valence-electron chi connectivity index (χ1n) is 5.01. The van der Waals surface area contributed by atoms with Crippen LogP contribution in [0.25, 0.3) is 0 Å². The Bertz CT molecular complexity index is 567. The van der Waals surface area contributed by atoms with Crippen LogP contribution in [0.15, 0.2) is 27.4 Å². The highest BCUT2D eigenvalue weighted by atomic mass is 35.5. The van der Waals surface area contributed by atoms with E-state index in [4.69, 9.17) is 11.6 Å². The third kappa shape index (κ3) is 2.86. The van der Waals surface area contributed by atoms with Crippen molar-refractivity contribution in [3.63, 3.8) is 0 Å². The van der Waals surface area contributed by atoms with Gasteiger partial charge in [-0.25, -0.2) is 19.9 Å². The van der Waals surface area contributed by atoms with Gasteiger partial charge in [-0.15, -0.1) is 5.10 Å². The summed E-state index contributed by atoms with van der Waals surface area (Å²) in [6.45, 7) is 2.62. The minimum absolute atomic E-state index is 0.213. The maximum Gasteiger partial charge on any atom is 0.343 e. The molecule has 2 heterocycles. The molecule has 0 fully saturated rings. The van der Waals surface area contributed by atoms with E-state index in [0.29, 0.717) is 21.9 Å². The van der Waals surface area contributed by atoms with Crippen molar-refractivity contribution >= 4 is 23.4 Å². The minimum atomic E-state index is -0.213. The summed E-state index contributed by atoms with van der Waals surface area (Å²) in [6, 6.07) is 1.63. The van der Waals surface area contributed by atoms with Crippen LogP contribution in [0.3, 0.4) is 0 Å². The molecular formula is C9H10ClN5OS. The van der Waals surface area contributed by atoms with E-state index in [9.17, 15) is 4.79 Å². The number of H-pyrrole nitrogens is 1. The lowest BCUT2D eigenvalue weighted by molar-refractivity contribution is 0.603. The summed E-state index contributed by atoms with van der Waals surface area (Å²) in [7, 11) is 0. The maximum atomic E-state index is 11.5. The van der Waals surface area contributed by atoms with Crippen molar-refractivity contribution in [1.29, 1.82) is 0 Å². The summed E-state index contributed by atoms with van der Waals surface area (Å²) in [5.74, 6) is 0. The van der Waals surface area contributed by atoms with Gasteiger partial charge >= 0.3 is 5.69 Å². The van der Waals surface area contributed by atoms with Gasteiger partial charge in [0.25, 0.3) is 0 Å². The Morgan fingerprint density at radius 2 is 2.35 bits per heavy atom. The van der Waals surface area contributed by atoms with Crippen molar-refractivity contribution in [3.8, 4) is 0 Å². The number of rotatable bonds is 4. The van der Waals surface area contributed by atoms with Crippen LogP contribution in [0, 0.1) is 0 Å². The molecule has 0 spiro atoms. The zero-order valence-corrected chi connectivity index (χ0v) is 10.6. The standard InChI is InChI=1S/C9H10ClN5OS/c1-2-3-15-8(16)13-14-9(15)17-7-4-6(10)11-5-12-7/h4-5H,2-3H2,1H3,(H,13,16). The summed E-state index contributed by atoms with van der Waals surface area (Å²) in [6.07, 6.45) is 2.23. The molecule has 0 aliphatic carbocycles. The monoisotopic (exact) mass is 271 g/mol. The number of aromatic amines is 1. The Kier molecular flexibility index (Phi) is 3.80. The molecule has 1 N–H and O–H groups in total. The molecule has 90 valence electrons. The van der Waals surface area contributed by atoms with Gasteiger partial charge in [0.1, 0.15) is 16.5 Å². The molecule has 0 unspecified atom stereocenters. The molecule has 0 amide bonds. The van der Waals surface area contributed by atoms with Crippen molar-refractivity contribution in [2.45, 2.75) is 30.1 Å². The fraction of sp³-hybridized carbons (Fsp3) is 0.333. The molecule has 0 bridgehead atoms. The minimum Gasteiger partial charge on any atom is -0.270 e. The van der Waals surface area contributed by atoms with Gasteiger partial charge < -0.3 is 0 Å². The molecule has 0 saturated carbocycles. The van der Waals surface area contributed by atoms with Gasteiger partial charge in [-0.3, -0.25) is 4.57 Å². The Hall–Kier alpha value is -1.34. The first kappa shape index (κ1) is 12.1. The van der Waals surface area contributed by atoms with Crippen LogP contribution >= 0.6 is 23.4 Å². The van der Waals surface area contributed by atoms with Crippen molar-refractivity contribution in [1.82, 2.24) is 24.7 Å². The van der Waals surface area contributed by atoms with E-state index < -0.39 is 0 Å². The van der Waals surface area contributed by atoms with Gasteiger partial charge in [0, 0.05) is 12.6 Å². The van der Waals surface area contributed by atoms with E-state index in [0.717, 1.165) is 6.42 Å². The summed E-state index contributed by atoms with van der Waals surface area (Å²) >= 11 is 7.03. The number of halogens is 1. The van der Waals surface area contributed by atoms with E-state index in [1.165, 1.54) is 18.1 Å². The third-order valence-corrected chi connectivity index (χ3v) is 3.11. The topological polar surface area (TPSA) is 76.5 Å². The Morgan fingerprint density at radius 3 is 3.06 bits per heavy atom. The molecule has 0 radical (unpaired) electrons. The summed E-state index contributed by atoms with van der Waals surface area (Å²) in [5.41, 5.74) is -0.213. The smallest absolute Gasteiger partial charge is 0.270 e. The van der Waals surface area contributed by atoms with Gasteiger partial charge in [0.15, 0.2) is 5.16 Å². The first-order chi connectivity index (χ1) is 8.20. The SMILES string of the molecule is CCCn1c(Sc2cc(Cl)ncn2)n[nH]c1=O. The van der Waals surface area contributed by atoms with Crippen LogP contribution in [0.5, 0.6) is 0 Å². The van der Waals surface area contributed by atoms with E-state index in [2.05, 4.69) is 20.2 Å². The predicted molar refractivity (Wildman–Crippen MR) is 64.3 cm³/mol. The molecule has 6 nitrogen and oxygen atoms in total. The molecule has 0 atom stereocenters. The molecule has 2 rings (SSSR count). The van der Waals surface area contributed by atoms with Crippen molar-refractivity contribution in [2.24, 2.45) is 0 Å². The van der Waals surface area contributed by atoms with Crippen LogP contribution in [-0.2, 0) is 6.54 Å². The van der Waals surface area contributed by atoms with Crippen molar-refractivity contribution in [3.05, 3.63) is 28.0 Å². The largest absolute Gasteiger partial charge is 0.343 e. The molecule has 8 heteroatoms. The number of hydrogen-bond acceptors (Lipinski definition) is 5. The molecule has 0 saturated heterocycles. The number of nitrogens with zero attached hydrogens (tertiary/aromatic N) is 4. The quantitative estimate of drug-likeness (QED) is 0.855. The van der Waals surface area contributed by atoms with Crippen LogP contribution < -0.4 is 5.69 Å². The van der Waals surface area contributed by atoms with Crippen molar-refractivity contribution < 1.29 is 0 Å². The molecule has 0 aliphatic heterocycles. The second kappa shape index (κ2) is 5.33. The highest BCUT2D eigenvalue weighted by Crippen LogP contribution is 2.24. The van der Waals surface area contributed by atoms with Gasteiger partial charge in [-0.05, 0) is 18.2 Å². The molecule has 17 heavy (non-hydrogen) atoms. The van der Waals surface area contributed by atoms with Crippen LogP contribution in [0.4, 0.5) is 0 Å². The predicted octanol–water partition coefficient (Wildman–Crippen LogP) is 1.58. The summed E-state index contributed by atoms with van der Waals surface area (Å²) in [5, 5.41) is 7.95. The second-order valence-corrected chi connectivity index (χ2v) is 4.62. The average Bonchev–Trinajstić information content (AvgIpc) is 2.62. The van der Waals surface area contributed by atoms with Crippen LogP contribution in [0.1, 0.15) is 13.3 Å². The van der Waals surface area contributed by atoms with E-state index in [-0.39, 0.29) is 5.69 Å². The summed E-state index contributed by atoms with van der Waals surface area (Å²) < 4.78 is 1.57. The molecule has 2 aromatic rings. The average molecular weight is 272 g/mol. The second-order valence-electron chi connectivity index (χ2n) is 3.24. The Morgan fingerprint density at radius 1 is 1.53 bits per heavy atom. The molecule has 2 aromatic heterocycles. The number of hydrogen-bond donors (Lipinski definition) is 1. The normalized spacial score (nSPS) is 10.7. The van der Waals surface area contributed by atoms with E-state index in [1.54, 1.807) is 10.6 Å². The summed E-state index contributed by atoms with van der Waals surface area (Å²) in [4.78, 5) is 19.3. The number of aromatic nitrogens is 5. The molecule has 0 aliphatic rings. The lowest BCUT2D eigenvalue weighted by Crippen LogP contribution is -2.17. The van der Waals surface area contributed by atoms with Gasteiger partial charge in [-0.1, -0.05) is 18.5 Å². The Labute approximate surface area is 106 Å². The fourth-order valence-electron chi connectivity index (χ4n) is 1.27. The van der Waals surface area contributed by atoms with Crippen molar-refractivity contribution in [2.75, 3.05) is 0 Å². The van der Waals surface area contributed by atoms with Gasteiger partial charge in [0.05, 0.1) is 0 Å². The Balaban J connectivity index is 2.27. The fourth-order valence-corrected chi connectivity index (χ4v) is 2.31. The first-order valence-corrected chi connectivity index (χ1v) is 6.20. The van der Waals surface area contributed by atoms with Gasteiger partial charge in [-0.2, -0.15) is 0 Å². The van der Waals surface area contributed by atoms with E-state index in [1.807, 2.05) is 6.92 Å². The lowest BCUT2D eigenvalue weighted by atomic mass is 10.5. The van der Waals surface area contributed by atoms with Crippen LogP contribution in [0.2, 0.25) is 5.15 Å². The maximum absolute atomic E-state index is 11.5. The highest BCUT2D eigenvalue weighted by molar-refractivity contribution is 7.99. The molecular weight excluding hydrogens is 262 g/mol. The van der Waals surface area contributed by atoms with E-state index >= 15 is 0 Å². The highest BCUT2D eigenvalue weighted by Gasteiger charge is 2.10. The third-order valence-electron chi connectivity index (χ3n) is 1.97. The number of nitrogens with one attached hydrogen (secondary N) is 1. The zero-order chi connectivity index (χ0) is 12.3. The molecule has 0 aromatic carbocycles. The lowest BCUT2D eigenvalue weighted by Gasteiger charge is -2.02.